The summed E-state index contributed by atoms with van der Waals surface area (Å²) in [5, 5.41) is 7.74. The number of hydrogen-bond donors (Lipinski definition) is 1. The summed E-state index contributed by atoms with van der Waals surface area (Å²) < 4.78 is 33.3. The molecule has 2 aromatic carbocycles. The maximum atomic E-state index is 12.6. The van der Waals surface area contributed by atoms with E-state index in [0.717, 1.165) is 5.56 Å². The summed E-state index contributed by atoms with van der Waals surface area (Å²) in [6.45, 7) is 1.66. The Morgan fingerprint density at radius 3 is 2.13 bits per heavy atom. The molecule has 0 aliphatic rings. The van der Waals surface area contributed by atoms with Crippen molar-refractivity contribution in [1.29, 1.82) is 0 Å². The van der Waals surface area contributed by atoms with E-state index in [4.69, 9.17) is 4.42 Å². The fourth-order valence-electron chi connectivity index (χ4n) is 2.16. The highest BCUT2D eigenvalue weighted by Gasteiger charge is 2.26. The lowest BCUT2D eigenvalue weighted by Gasteiger charge is -2.16. The van der Waals surface area contributed by atoms with Gasteiger partial charge in [-0.15, -0.1) is 10.2 Å². The van der Waals surface area contributed by atoms with E-state index in [1.165, 1.54) is 12.1 Å². The minimum atomic E-state index is -3.72. The molecule has 3 rings (SSSR count). The second-order valence-electron chi connectivity index (χ2n) is 4.94. The maximum Gasteiger partial charge on any atom is 0.241 e. The fourth-order valence-corrected chi connectivity index (χ4v) is 3.36. The van der Waals surface area contributed by atoms with Crippen LogP contribution in [-0.4, -0.2) is 18.6 Å². The molecule has 0 spiro atoms. The van der Waals surface area contributed by atoms with Gasteiger partial charge in [0.1, 0.15) is 6.04 Å². The molecule has 118 valence electrons. The third-order valence-electron chi connectivity index (χ3n) is 3.25. The monoisotopic (exact) mass is 329 g/mol. The lowest BCUT2D eigenvalue weighted by Crippen LogP contribution is -2.29. The predicted molar refractivity (Wildman–Crippen MR) is 84.1 cm³/mol. The van der Waals surface area contributed by atoms with E-state index in [0.29, 0.717) is 5.89 Å². The van der Waals surface area contributed by atoms with E-state index in [1.54, 1.807) is 37.3 Å². The van der Waals surface area contributed by atoms with Crippen molar-refractivity contribution in [2.24, 2.45) is 0 Å². The standard InChI is InChI=1S/C16H15N3O3S/c1-12-17-18-16(22-12)15(13-8-4-2-5-9-13)19-23(20,21)14-10-6-3-7-11-14/h2-11,15,19H,1H3. The van der Waals surface area contributed by atoms with Crippen LogP contribution in [0.3, 0.4) is 0 Å². The molecule has 1 N–H and O–H groups in total. The predicted octanol–water partition coefficient (Wildman–Crippen LogP) is 2.45. The van der Waals surface area contributed by atoms with Gasteiger partial charge in [0.2, 0.25) is 21.8 Å². The van der Waals surface area contributed by atoms with Crippen LogP contribution >= 0.6 is 0 Å². The number of aryl methyl sites for hydroxylation is 1. The summed E-state index contributed by atoms with van der Waals surface area (Å²) >= 11 is 0. The summed E-state index contributed by atoms with van der Waals surface area (Å²) in [7, 11) is -3.72. The van der Waals surface area contributed by atoms with E-state index in [2.05, 4.69) is 14.9 Å². The summed E-state index contributed by atoms with van der Waals surface area (Å²) in [6, 6.07) is 16.5. The van der Waals surface area contributed by atoms with Crippen LogP contribution in [0.15, 0.2) is 70.0 Å². The molecule has 1 unspecified atom stereocenters. The Morgan fingerprint density at radius 2 is 1.57 bits per heavy atom. The molecular formula is C16H15N3O3S. The van der Waals surface area contributed by atoms with Gasteiger partial charge in [-0.3, -0.25) is 0 Å². The van der Waals surface area contributed by atoms with Gasteiger partial charge in [-0.25, -0.2) is 8.42 Å². The van der Waals surface area contributed by atoms with Crippen molar-refractivity contribution in [3.8, 4) is 0 Å². The van der Waals surface area contributed by atoms with E-state index < -0.39 is 16.1 Å². The van der Waals surface area contributed by atoms with E-state index >= 15 is 0 Å². The Bertz CT molecular complexity index is 877. The van der Waals surface area contributed by atoms with Gasteiger partial charge in [-0.05, 0) is 17.7 Å². The molecule has 6 nitrogen and oxygen atoms in total. The van der Waals surface area contributed by atoms with Gasteiger partial charge in [-0.2, -0.15) is 4.72 Å². The minimum absolute atomic E-state index is 0.178. The highest BCUT2D eigenvalue weighted by atomic mass is 32.2. The van der Waals surface area contributed by atoms with E-state index in [1.807, 2.05) is 18.2 Å². The third kappa shape index (κ3) is 3.46. The second-order valence-corrected chi connectivity index (χ2v) is 6.65. The Morgan fingerprint density at radius 1 is 0.957 bits per heavy atom. The largest absolute Gasteiger partial charge is 0.423 e. The molecule has 7 heteroatoms. The van der Waals surface area contributed by atoms with Crippen LogP contribution in [0.25, 0.3) is 0 Å². The molecule has 1 atom stereocenters. The number of nitrogens with one attached hydrogen (secondary N) is 1. The molecule has 0 bridgehead atoms. The molecular weight excluding hydrogens is 314 g/mol. The average Bonchev–Trinajstić information content (AvgIpc) is 3.00. The van der Waals surface area contributed by atoms with Crippen LogP contribution in [0.1, 0.15) is 23.4 Å². The molecule has 0 fully saturated rings. The normalized spacial score (nSPS) is 12.9. The Kier molecular flexibility index (Phi) is 4.22. The van der Waals surface area contributed by atoms with Gasteiger partial charge in [0, 0.05) is 6.92 Å². The van der Waals surface area contributed by atoms with Gasteiger partial charge in [0.15, 0.2) is 0 Å². The van der Waals surface area contributed by atoms with Gasteiger partial charge in [0.25, 0.3) is 0 Å². The van der Waals surface area contributed by atoms with Crippen molar-refractivity contribution in [2.75, 3.05) is 0 Å². The fraction of sp³-hybridized carbons (Fsp3) is 0.125. The zero-order chi connectivity index (χ0) is 16.3. The molecule has 1 aromatic heterocycles. The Hall–Kier alpha value is -2.51. The van der Waals surface area contributed by atoms with Crippen molar-refractivity contribution < 1.29 is 12.8 Å². The molecule has 0 amide bonds. The van der Waals surface area contributed by atoms with Crippen LogP contribution < -0.4 is 4.72 Å². The summed E-state index contributed by atoms with van der Waals surface area (Å²) in [5.74, 6) is 0.577. The number of sulfonamides is 1. The first-order chi connectivity index (χ1) is 11.1. The van der Waals surface area contributed by atoms with Crippen LogP contribution in [0, 0.1) is 6.92 Å². The average molecular weight is 329 g/mol. The number of benzene rings is 2. The number of aromatic nitrogens is 2. The van der Waals surface area contributed by atoms with Gasteiger partial charge in [0.05, 0.1) is 4.90 Å². The molecule has 0 saturated heterocycles. The van der Waals surface area contributed by atoms with Crippen molar-refractivity contribution in [1.82, 2.24) is 14.9 Å². The highest BCUT2D eigenvalue weighted by Crippen LogP contribution is 2.23. The zero-order valence-corrected chi connectivity index (χ0v) is 13.2. The van der Waals surface area contributed by atoms with Crippen molar-refractivity contribution in [2.45, 2.75) is 17.9 Å². The first-order valence-corrected chi connectivity index (χ1v) is 8.47. The first kappa shape index (κ1) is 15.4. The number of rotatable bonds is 5. The van der Waals surface area contributed by atoms with E-state index in [-0.39, 0.29) is 10.8 Å². The molecule has 0 radical (unpaired) electrons. The SMILES string of the molecule is Cc1nnc(C(NS(=O)(=O)c2ccccc2)c2ccccc2)o1. The topological polar surface area (TPSA) is 85.1 Å². The summed E-state index contributed by atoms with van der Waals surface area (Å²) in [5.41, 5.74) is 0.718. The molecule has 23 heavy (non-hydrogen) atoms. The van der Waals surface area contributed by atoms with Crippen molar-refractivity contribution in [3.63, 3.8) is 0 Å². The summed E-state index contributed by atoms with van der Waals surface area (Å²) in [4.78, 5) is 0.178. The van der Waals surface area contributed by atoms with Gasteiger partial charge in [-0.1, -0.05) is 48.5 Å². The van der Waals surface area contributed by atoms with E-state index in [9.17, 15) is 8.42 Å². The first-order valence-electron chi connectivity index (χ1n) is 6.98. The smallest absolute Gasteiger partial charge is 0.241 e. The Labute approximate surface area is 134 Å². The molecule has 0 aliphatic heterocycles. The van der Waals surface area contributed by atoms with Crippen LogP contribution in [-0.2, 0) is 10.0 Å². The quantitative estimate of drug-likeness (QED) is 0.777. The molecule has 0 aliphatic carbocycles. The van der Waals surface area contributed by atoms with Crippen molar-refractivity contribution >= 4 is 10.0 Å². The summed E-state index contributed by atoms with van der Waals surface area (Å²) in [6.07, 6.45) is 0. The van der Waals surface area contributed by atoms with Crippen LogP contribution in [0.4, 0.5) is 0 Å². The lowest BCUT2D eigenvalue weighted by atomic mass is 10.1. The minimum Gasteiger partial charge on any atom is -0.423 e. The third-order valence-corrected chi connectivity index (χ3v) is 4.69. The van der Waals surface area contributed by atoms with Crippen LogP contribution in [0.2, 0.25) is 0 Å². The number of nitrogens with zero attached hydrogens (tertiary/aromatic N) is 2. The maximum absolute atomic E-state index is 12.6. The highest BCUT2D eigenvalue weighted by molar-refractivity contribution is 7.89. The van der Waals surface area contributed by atoms with Gasteiger partial charge >= 0.3 is 0 Å². The molecule has 0 saturated carbocycles. The zero-order valence-electron chi connectivity index (χ0n) is 12.4. The Balaban J connectivity index is 2.00. The van der Waals surface area contributed by atoms with Crippen molar-refractivity contribution in [3.05, 3.63) is 78.0 Å². The molecule has 1 heterocycles. The second kappa shape index (κ2) is 6.31. The number of hydrogen-bond acceptors (Lipinski definition) is 5. The van der Waals surface area contributed by atoms with Crippen LogP contribution in [0.5, 0.6) is 0 Å². The lowest BCUT2D eigenvalue weighted by molar-refractivity contribution is 0.436. The molecule has 3 aromatic rings. The van der Waals surface area contributed by atoms with Gasteiger partial charge < -0.3 is 4.42 Å².